The van der Waals surface area contributed by atoms with E-state index >= 15 is 0 Å². The van der Waals surface area contributed by atoms with Crippen molar-refractivity contribution in [1.29, 1.82) is 0 Å². The van der Waals surface area contributed by atoms with Crippen molar-refractivity contribution < 1.29 is 18.0 Å². The van der Waals surface area contributed by atoms with Crippen molar-refractivity contribution >= 4 is 5.91 Å². The summed E-state index contributed by atoms with van der Waals surface area (Å²) >= 11 is 0. The summed E-state index contributed by atoms with van der Waals surface area (Å²) in [6.07, 6.45) is 0.495. The van der Waals surface area contributed by atoms with Crippen LogP contribution in [-0.4, -0.2) is 29.9 Å². The van der Waals surface area contributed by atoms with E-state index in [0.29, 0.717) is 12.1 Å². The second-order valence-corrected chi connectivity index (χ2v) is 6.87. The van der Waals surface area contributed by atoms with Crippen LogP contribution in [0.4, 0.5) is 13.2 Å². The number of piperidine rings is 1. The van der Waals surface area contributed by atoms with Gasteiger partial charge in [0.1, 0.15) is 0 Å². The van der Waals surface area contributed by atoms with Crippen molar-refractivity contribution in [2.45, 2.75) is 50.9 Å². The minimum absolute atomic E-state index is 0.0462. The summed E-state index contributed by atoms with van der Waals surface area (Å²) in [6.45, 7) is 1.65. The van der Waals surface area contributed by atoms with E-state index < -0.39 is 11.7 Å². The number of carbonyl (C=O) groups excluding carboxylic acids is 1. The number of nitrogens with zero attached hydrogens (tertiary/aromatic N) is 1. The van der Waals surface area contributed by atoms with Crippen LogP contribution in [0, 0.1) is 5.92 Å². The van der Waals surface area contributed by atoms with Crippen LogP contribution in [-0.2, 0) is 17.5 Å². The molecule has 2 aliphatic rings. The molecular weight excluding hydrogens is 317 g/mol. The zero-order valence-electron chi connectivity index (χ0n) is 13.6. The molecule has 1 heterocycles. The van der Waals surface area contributed by atoms with E-state index in [1.165, 1.54) is 6.07 Å². The van der Waals surface area contributed by atoms with Gasteiger partial charge in [-0.05, 0) is 43.9 Å². The number of alkyl halides is 3. The number of nitrogens with one attached hydrogen (secondary N) is 1. The Bertz CT molecular complexity index is 584. The Morgan fingerprint density at radius 2 is 1.92 bits per heavy atom. The summed E-state index contributed by atoms with van der Waals surface area (Å²) in [5.74, 6) is 0.259. The van der Waals surface area contributed by atoms with Crippen LogP contribution >= 0.6 is 0 Å². The summed E-state index contributed by atoms with van der Waals surface area (Å²) in [5.41, 5.74) is -0.262. The Labute approximate surface area is 140 Å². The Hall–Kier alpha value is -1.56. The van der Waals surface area contributed by atoms with Crippen molar-refractivity contribution in [3.05, 3.63) is 35.4 Å². The second kappa shape index (κ2) is 7.13. The predicted molar refractivity (Wildman–Crippen MR) is 85.2 cm³/mol. The van der Waals surface area contributed by atoms with Gasteiger partial charge in [-0.25, -0.2) is 0 Å². The Kier molecular flexibility index (Phi) is 5.13. The number of benzene rings is 1. The quantitative estimate of drug-likeness (QED) is 0.908. The van der Waals surface area contributed by atoms with E-state index in [4.69, 9.17) is 0 Å². The third-order valence-corrected chi connectivity index (χ3v) is 5.04. The summed E-state index contributed by atoms with van der Waals surface area (Å²) in [5, 5.41) is 3.08. The van der Waals surface area contributed by atoms with Gasteiger partial charge in [-0.15, -0.1) is 0 Å². The number of rotatable bonds is 4. The van der Waals surface area contributed by atoms with Gasteiger partial charge in [0.25, 0.3) is 0 Å². The lowest BCUT2D eigenvalue weighted by molar-refractivity contribution is -0.138. The molecule has 1 aromatic rings. The van der Waals surface area contributed by atoms with E-state index in [1.54, 1.807) is 12.1 Å². The van der Waals surface area contributed by atoms with Gasteiger partial charge in [-0.3, -0.25) is 9.69 Å². The molecular formula is C18H23F3N2O. The molecule has 1 saturated carbocycles. The first-order valence-corrected chi connectivity index (χ1v) is 8.61. The van der Waals surface area contributed by atoms with E-state index in [2.05, 4.69) is 5.32 Å². The van der Waals surface area contributed by atoms with Crippen LogP contribution in [0.2, 0.25) is 0 Å². The van der Waals surface area contributed by atoms with Crippen molar-refractivity contribution in [2.24, 2.45) is 5.92 Å². The number of carbonyl (C=O) groups is 1. The standard InChI is InChI=1S/C18H23F3N2O/c19-18(20,21)16-9-2-1-5-14(16)11-23-10-4-8-15(12-23)22-17(24)13-6-3-7-13/h1-2,5,9,13,15H,3-4,6-8,10-12H2,(H,22,24). The van der Waals surface area contributed by atoms with Crippen molar-refractivity contribution in [2.75, 3.05) is 13.1 Å². The van der Waals surface area contributed by atoms with Gasteiger partial charge >= 0.3 is 6.18 Å². The van der Waals surface area contributed by atoms with Crippen LogP contribution in [0.25, 0.3) is 0 Å². The van der Waals surface area contributed by atoms with Gasteiger partial charge in [-0.1, -0.05) is 24.6 Å². The second-order valence-electron chi connectivity index (χ2n) is 6.87. The zero-order valence-corrected chi connectivity index (χ0v) is 13.6. The summed E-state index contributed by atoms with van der Waals surface area (Å²) in [4.78, 5) is 14.1. The molecule has 1 aliphatic heterocycles. The van der Waals surface area contributed by atoms with E-state index in [-0.39, 0.29) is 24.4 Å². The highest BCUT2D eigenvalue weighted by Gasteiger charge is 2.34. The van der Waals surface area contributed by atoms with Gasteiger partial charge in [0, 0.05) is 25.0 Å². The molecule has 1 atom stereocenters. The lowest BCUT2D eigenvalue weighted by Crippen LogP contribution is -2.49. The van der Waals surface area contributed by atoms with E-state index in [0.717, 1.165) is 44.7 Å². The van der Waals surface area contributed by atoms with Crippen molar-refractivity contribution in [1.82, 2.24) is 10.2 Å². The van der Waals surface area contributed by atoms with Crippen LogP contribution in [0.1, 0.15) is 43.2 Å². The van der Waals surface area contributed by atoms with Gasteiger partial charge < -0.3 is 5.32 Å². The molecule has 24 heavy (non-hydrogen) atoms. The highest BCUT2D eigenvalue weighted by atomic mass is 19.4. The van der Waals surface area contributed by atoms with Gasteiger partial charge in [0.15, 0.2) is 0 Å². The van der Waals surface area contributed by atoms with Crippen LogP contribution in [0.5, 0.6) is 0 Å². The topological polar surface area (TPSA) is 32.3 Å². The van der Waals surface area contributed by atoms with Gasteiger partial charge in [0.2, 0.25) is 5.91 Å². The van der Waals surface area contributed by atoms with Crippen molar-refractivity contribution in [3.63, 3.8) is 0 Å². The predicted octanol–water partition coefficient (Wildman–Crippen LogP) is 3.59. The van der Waals surface area contributed by atoms with Crippen LogP contribution in [0.15, 0.2) is 24.3 Å². The third kappa shape index (κ3) is 4.09. The molecule has 3 rings (SSSR count). The normalized spacial score (nSPS) is 22.9. The average Bonchev–Trinajstić information content (AvgIpc) is 2.45. The van der Waals surface area contributed by atoms with Crippen LogP contribution in [0.3, 0.4) is 0 Å². The number of hydrogen-bond donors (Lipinski definition) is 1. The average molecular weight is 340 g/mol. The fraction of sp³-hybridized carbons (Fsp3) is 0.611. The molecule has 1 saturated heterocycles. The first kappa shape index (κ1) is 17.3. The smallest absolute Gasteiger partial charge is 0.352 e. The Morgan fingerprint density at radius 3 is 2.58 bits per heavy atom. The number of amides is 1. The van der Waals surface area contributed by atoms with Gasteiger partial charge in [0.05, 0.1) is 5.56 Å². The molecule has 0 aromatic heterocycles. The fourth-order valence-corrected chi connectivity index (χ4v) is 3.48. The Morgan fingerprint density at radius 1 is 1.17 bits per heavy atom. The summed E-state index contributed by atoms with van der Waals surface area (Å²) in [7, 11) is 0. The molecule has 6 heteroatoms. The maximum absolute atomic E-state index is 13.1. The molecule has 132 valence electrons. The third-order valence-electron chi connectivity index (χ3n) is 5.04. The minimum atomic E-state index is -4.33. The summed E-state index contributed by atoms with van der Waals surface area (Å²) < 4.78 is 39.3. The monoisotopic (exact) mass is 340 g/mol. The van der Waals surface area contributed by atoms with E-state index in [9.17, 15) is 18.0 Å². The first-order chi connectivity index (χ1) is 11.4. The first-order valence-electron chi connectivity index (χ1n) is 8.61. The SMILES string of the molecule is O=C(NC1CCCN(Cc2ccccc2C(F)(F)F)C1)C1CCC1. The lowest BCUT2D eigenvalue weighted by Gasteiger charge is -2.35. The molecule has 1 aliphatic carbocycles. The maximum Gasteiger partial charge on any atom is 0.416 e. The molecule has 1 amide bonds. The molecule has 1 N–H and O–H groups in total. The highest BCUT2D eigenvalue weighted by molar-refractivity contribution is 5.79. The number of halogens is 3. The lowest BCUT2D eigenvalue weighted by atomic mass is 9.84. The molecule has 1 aromatic carbocycles. The van der Waals surface area contributed by atoms with Crippen molar-refractivity contribution in [3.8, 4) is 0 Å². The highest BCUT2D eigenvalue weighted by Crippen LogP contribution is 2.32. The fourth-order valence-electron chi connectivity index (χ4n) is 3.48. The molecule has 2 fully saturated rings. The molecule has 0 radical (unpaired) electrons. The number of hydrogen-bond acceptors (Lipinski definition) is 2. The van der Waals surface area contributed by atoms with Gasteiger partial charge in [-0.2, -0.15) is 13.2 Å². The largest absolute Gasteiger partial charge is 0.416 e. The molecule has 0 bridgehead atoms. The zero-order chi connectivity index (χ0) is 17.2. The maximum atomic E-state index is 13.1. The molecule has 3 nitrogen and oxygen atoms in total. The Balaban J connectivity index is 1.60. The number of likely N-dealkylation sites (tertiary alicyclic amines) is 1. The molecule has 1 unspecified atom stereocenters. The molecule has 0 spiro atoms. The van der Waals surface area contributed by atoms with Crippen LogP contribution < -0.4 is 5.32 Å². The summed E-state index contributed by atoms with van der Waals surface area (Å²) in [6, 6.07) is 5.79. The van der Waals surface area contributed by atoms with E-state index in [1.807, 2.05) is 4.90 Å². The minimum Gasteiger partial charge on any atom is -0.352 e.